The summed E-state index contributed by atoms with van der Waals surface area (Å²) in [6, 6.07) is 26.1. The lowest BCUT2D eigenvalue weighted by atomic mass is 9.63. The van der Waals surface area contributed by atoms with Crippen LogP contribution < -0.4 is 10.5 Å². The van der Waals surface area contributed by atoms with Crippen molar-refractivity contribution in [2.45, 2.75) is 69.7 Å². The van der Waals surface area contributed by atoms with Gasteiger partial charge in [0, 0.05) is 0 Å². The third-order valence-electron chi connectivity index (χ3n) is 8.88. The molecule has 196 valence electrons. The summed E-state index contributed by atoms with van der Waals surface area (Å²) in [7, 11) is 0. The van der Waals surface area contributed by atoms with Crippen molar-refractivity contribution in [2.24, 2.45) is 17.6 Å². The highest BCUT2D eigenvalue weighted by molar-refractivity contribution is 5.90. The van der Waals surface area contributed by atoms with E-state index >= 15 is 0 Å². The minimum absolute atomic E-state index is 0.190. The van der Waals surface area contributed by atoms with Crippen LogP contribution in [0.3, 0.4) is 0 Å². The Morgan fingerprint density at radius 1 is 0.763 bits per heavy atom. The number of hydrogen-bond acceptors (Lipinski definition) is 3. The fraction of sp³-hybridized carbons (Fsp3) is 0.394. The monoisotopic (exact) mass is 507 g/mol. The summed E-state index contributed by atoms with van der Waals surface area (Å²) in [6.45, 7) is 0. The van der Waals surface area contributed by atoms with E-state index in [0.717, 1.165) is 85.3 Å². The maximum Gasteiger partial charge on any atom is 0.244 e. The number of imidazole rings is 1. The molecule has 3 aromatic carbocycles. The molecule has 0 aliphatic heterocycles. The van der Waals surface area contributed by atoms with E-state index in [-0.39, 0.29) is 17.7 Å². The van der Waals surface area contributed by atoms with E-state index in [2.05, 4.69) is 16.7 Å². The van der Waals surface area contributed by atoms with E-state index in [9.17, 15) is 4.79 Å². The summed E-state index contributed by atoms with van der Waals surface area (Å²) < 4.78 is 8.68. The van der Waals surface area contributed by atoms with Crippen LogP contribution >= 0.6 is 0 Å². The number of hydrogen-bond donors (Lipinski definition) is 1. The third kappa shape index (κ3) is 4.28. The lowest BCUT2D eigenvalue weighted by Crippen LogP contribution is -2.58. The minimum Gasteiger partial charge on any atom is -0.457 e. The molecule has 1 aromatic heterocycles. The Morgan fingerprint density at radius 3 is 2.00 bits per heavy atom. The number of carbonyl (C=O) groups is 1. The van der Waals surface area contributed by atoms with Gasteiger partial charge in [-0.05, 0) is 73.9 Å². The van der Waals surface area contributed by atoms with Gasteiger partial charge in [-0.2, -0.15) is 0 Å². The fourth-order valence-corrected chi connectivity index (χ4v) is 7.23. The van der Waals surface area contributed by atoms with E-state index in [4.69, 9.17) is 15.5 Å². The van der Waals surface area contributed by atoms with Gasteiger partial charge in [-0.25, -0.2) is 4.98 Å². The van der Waals surface area contributed by atoms with Gasteiger partial charge in [0.2, 0.25) is 5.91 Å². The number of ether oxygens (including phenoxy) is 1. The maximum absolute atomic E-state index is 14.1. The number of fused-ring (bicyclic) bond motifs is 1. The molecule has 0 unspecified atom stereocenters. The second-order valence-corrected chi connectivity index (χ2v) is 11.0. The number of para-hydroxylation sites is 4. The Labute approximate surface area is 225 Å². The topological polar surface area (TPSA) is 70.1 Å². The van der Waals surface area contributed by atoms with Crippen LogP contribution in [0.1, 0.15) is 64.2 Å². The van der Waals surface area contributed by atoms with Crippen molar-refractivity contribution in [1.82, 2.24) is 9.55 Å². The molecule has 0 radical (unpaired) electrons. The lowest BCUT2D eigenvalue weighted by Gasteiger charge is -2.48. The molecule has 5 nitrogen and oxygen atoms in total. The number of primary amides is 1. The molecule has 38 heavy (non-hydrogen) atoms. The first-order valence-corrected chi connectivity index (χ1v) is 14.3. The van der Waals surface area contributed by atoms with Gasteiger partial charge in [0.15, 0.2) is 0 Å². The van der Waals surface area contributed by atoms with Gasteiger partial charge in [0.05, 0.1) is 16.6 Å². The van der Waals surface area contributed by atoms with Gasteiger partial charge < -0.3 is 15.0 Å². The molecule has 1 amide bonds. The van der Waals surface area contributed by atoms with Crippen LogP contribution in [0.15, 0.2) is 78.9 Å². The average Bonchev–Trinajstić information content (AvgIpc) is 3.35. The molecule has 2 N–H and O–H groups in total. The number of benzene rings is 3. The van der Waals surface area contributed by atoms with Crippen molar-refractivity contribution < 1.29 is 9.53 Å². The Balaban J connectivity index is 1.62. The van der Waals surface area contributed by atoms with Gasteiger partial charge in [0.25, 0.3) is 0 Å². The van der Waals surface area contributed by atoms with E-state index in [1.807, 2.05) is 66.7 Å². The van der Waals surface area contributed by atoms with E-state index in [1.54, 1.807) is 0 Å². The van der Waals surface area contributed by atoms with Crippen LogP contribution in [0.2, 0.25) is 0 Å². The molecule has 0 saturated heterocycles. The molecule has 6 rings (SSSR count). The third-order valence-corrected chi connectivity index (χ3v) is 8.88. The molecule has 0 bridgehead atoms. The summed E-state index contributed by atoms with van der Waals surface area (Å²) in [6.07, 6.45) is 11.1. The lowest BCUT2D eigenvalue weighted by molar-refractivity contribution is -0.135. The smallest absolute Gasteiger partial charge is 0.244 e. The van der Waals surface area contributed by atoms with Gasteiger partial charge in [-0.3, -0.25) is 4.79 Å². The van der Waals surface area contributed by atoms with Crippen molar-refractivity contribution in [1.29, 1.82) is 0 Å². The summed E-state index contributed by atoms with van der Waals surface area (Å²) in [5, 5.41) is 0. The van der Waals surface area contributed by atoms with Gasteiger partial charge in [-0.15, -0.1) is 0 Å². The second-order valence-electron chi connectivity index (χ2n) is 11.0. The number of nitrogens with two attached hydrogens (primary N) is 1. The quantitative estimate of drug-likeness (QED) is 0.277. The van der Waals surface area contributed by atoms with Crippen LogP contribution in [0.5, 0.6) is 11.5 Å². The number of nitrogens with zero attached hydrogens (tertiary/aromatic N) is 2. The van der Waals surface area contributed by atoms with Crippen LogP contribution in [0, 0.1) is 11.8 Å². The Bertz CT molecular complexity index is 1380. The van der Waals surface area contributed by atoms with Crippen molar-refractivity contribution in [2.75, 3.05) is 0 Å². The van der Waals surface area contributed by atoms with Gasteiger partial charge in [-0.1, -0.05) is 81.0 Å². The molecule has 0 spiro atoms. The molecule has 2 fully saturated rings. The molecule has 2 aliphatic carbocycles. The molecule has 0 atom stereocenters. The zero-order valence-corrected chi connectivity index (χ0v) is 22.0. The van der Waals surface area contributed by atoms with Crippen molar-refractivity contribution in [3.05, 3.63) is 78.9 Å². The maximum atomic E-state index is 14.1. The largest absolute Gasteiger partial charge is 0.457 e. The number of carbonyl (C=O) groups excluding carboxylic acids is 1. The Kier molecular flexibility index (Phi) is 6.92. The van der Waals surface area contributed by atoms with Crippen LogP contribution in [0.25, 0.3) is 22.4 Å². The van der Waals surface area contributed by atoms with E-state index in [1.165, 1.54) is 12.8 Å². The Hall–Kier alpha value is -3.60. The minimum atomic E-state index is -0.827. The molecule has 2 aliphatic rings. The first kappa shape index (κ1) is 24.7. The van der Waals surface area contributed by atoms with E-state index < -0.39 is 5.54 Å². The second kappa shape index (κ2) is 10.6. The molecular formula is C33H37N3O2. The van der Waals surface area contributed by atoms with Crippen LogP contribution in [-0.2, 0) is 10.3 Å². The van der Waals surface area contributed by atoms with Gasteiger partial charge >= 0.3 is 0 Å². The fourth-order valence-electron chi connectivity index (χ4n) is 7.23. The highest BCUT2D eigenvalue weighted by Gasteiger charge is 2.53. The number of amides is 1. The summed E-state index contributed by atoms with van der Waals surface area (Å²) in [4.78, 5) is 19.3. The molecule has 1 heterocycles. The summed E-state index contributed by atoms with van der Waals surface area (Å²) in [5.41, 5.74) is 8.52. The highest BCUT2D eigenvalue weighted by atomic mass is 16.5. The molecule has 2 saturated carbocycles. The summed E-state index contributed by atoms with van der Waals surface area (Å²) in [5.74, 6) is 2.44. The first-order chi connectivity index (χ1) is 18.7. The first-order valence-electron chi connectivity index (χ1n) is 14.3. The highest BCUT2D eigenvalue weighted by Crippen LogP contribution is 2.51. The van der Waals surface area contributed by atoms with Crippen molar-refractivity contribution in [3.8, 4) is 22.9 Å². The number of aromatic nitrogens is 2. The van der Waals surface area contributed by atoms with Gasteiger partial charge in [0.1, 0.15) is 22.9 Å². The van der Waals surface area contributed by atoms with Crippen molar-refractivity contribution >= 4 is 16.9 Å². The Morgan fingerprint density at radius 2 is 1.34 bits per heavy atom. The molecular weight excluding hydrogens is 470 g/mol. The van der Waals surface area contributed by atoms with Crippen LogP contribution in [-0.4, -0.2) is 15.5 Å². The summed E-state index contributed by atoms with van der Waals surface area (Å²) >= 11 is 0. The molecule has 5 heteroatoms. The number of rotatable bonds is 7. The zero-order valence-electron chi connectivity index (χ0n) is 22.0. The molecule has 4 aromatic rings. The zero-order chi connectivity index (χ0) is 26.0. The van der Waals surface area contributed by atoms with Crippen LogP contribution in [0.4, 0.5) is 0 Å². The predicted octanol–water partition coefficient (Wildman–Crippen LogP) is 7.84. The SMILES string of the molecule is NC(=O)C(C1CCCCC1)(C1CCCCC1)n1c(-c2ccccc2Oc2ccccc2)nc2ccccc21. The average molecular weight is 508 g/mol. The van der Waals surface area contributed by atoms with E-state index in [0.29, 0.717) is 0 Å². The van der Waals surface area contributed by atoms with Crippen molar-refractivity contribution in [3.63, 3.8) is 0 Å². The standard InChI is InChI=1S/C33H37N3O2/c34-32(37)33(24-14-4-1-5-15-24,25-16-6-2-7-17-25)36-29-22-12-11-21-28(29)35-31(36)27-20-10-13-23-30(27)38-26-18-8-3-9-19-26/h3,8-13,18-25H,1-2,4-7,14-17H2,(H2,34,37). The normalized spacial score (nSPS) is 17.5. The predicted molar refractivity (Wildman–Crippen MR) is 152 cm³/mol.